The molecule has 0 nitrogen and oxygen atoms in total. The molecule has 0 N–H and O–H groups in total. The first-order valence-electron chi connectivity index (χ1n) is 7.14. The van der Waals surface area contributed by atoms with Gasteiger partial charge in [-0.15, -0.1) is 0 Å². The molecule has 0 saturated carbocycles. The van der Waals surface area contributed by atoms with E-state index in [2.05, 4.69) is 36.4 Å². The van der Waals surface area contributed by atoms with Crippen molar-refractivity contribution in [3.8, 4) is 0 Å². The highest BCUT2D eigenvalue weighted by molar-refractivity contribution is 5.85. The largest absolute Gasteiger partial charge is 0.0801 e. The van der Waals surface area contributed by atoms with E-state index < -0.39 is 0 Å². The average molecular weight is 234 g/mol. The van der Waals surface area contributed by atoms with E-state index >= 15 is 0 Å². The normalized spacial score (nSPS) is 20.4. The zero-order chi connectivity index (χ0) is 11.9. The van der Waals surface area contributed by atoms with Crippen LogP contribution < -0.4 is 0 Å². The topological polar surface area (TPSA) is 0 Å². The van der Waals surface area contributed by atoms with Gasteiger partial charge < -0.3 is 0 Å². The van der Waals surface area contributed by atoms with Gasteiger partial charge in [-0.3, -0.25) is 0 Å². The Kier molecular flexibility index (Phi) is 2.29. The third-order valence-electron chi connectivity index (χ3n) is 4.58. The van der Waals surface area contributed by atoms with Crippen LogP contribution in [0.25, 0.3) is 5.57 Å². The Labute approximate surface area is 109 Å². The second kappa shape index (κ2) is 3.98. The molecular formula is C18H18. The summed E-state index contributed by atoms with van der Waals surface area (Å²) >= 11 is 0. The summed E-state index contributed by atoms with van der Waals surface area (Å²) < 4.78 is 0. The lowest BCUT2D eigenvalue weighted by atomic mass is 9.77. The molecule has 0 atom stereocenters. The van der Waals surface area contributed by atoms with Crippen molar-refractivity contribution in [3.63, 3.8) is 0 Å². The molecule has 4 rings (SSSR count). The Balaban J connectivity index is 1.92. The van der Waals surface area contributed by atoms with E-state index in [1.165, 1.54) is 42.4 Å². The summed E-state index contributed by atoms with van der Waals surface area (Å²) in [6.45, 7) is 0. The van der Waals surface area contributed by atoms with Gasteiger partial charge in [-0.2, -0.15) is 0 Å². The van der Waals surface area contributed by atoms with E-state index in [1.54, 1.807) is 16.7 Å². The zero-order valence-electron chi connectivity index (χ0n) is 10.7. The number of benzene rings is 1. The molecular weight excluding hydrogens is 216 g/mol. The summed E-state index contributed by atoms with van der Waals surface area (Å²) in [7, 11) is 0. The molecule has 0 amide bonds. The fourth-order valence-corrected chi connectivity index (χ4v) is 3.65. The molecule has 0 heterocycles. The molecule has 0 fully saturated rings. The Morgan fingerprint density at radius 3 is 2.83 bits per heavy atom. The summed E-state index contributed by atoms with van der Waals surface area (Å²) in [6.07, 6.45) is 16.8. The van der Waals surface area contributed by atoms with Gasteiger partial charge >= 0.3 is 0 Å². The van der Waals surface area contributed by atoms with Gasteiger partial charge in [0.25, 0.3) is 0 Å². The first-order chi connectivity index (χ1) is 8.93. The van der Waals surface area contributed by atoms with Crippen LogP contribution in [0.2, 0.25) is 0 Å². The maximum absolute atomic E-state index is 2.45. The summed E-state index contributed by atoms with van der Waals surface area (Å²) in [5, 5.41) is 0. The van der Waals surface area contributed by atoms with Gasteiger partial charge in [-0.25, -0.2) is 0 Å². The van der Waals surface area contributed by atoms with Crippen LogP contribution in [0.15, 0.2) is 42.0 Å². The van der Waals surface area contributed by atoms with Gasteiger partial charge in [0, 0.05) is 0 Å². The monoisotopic (exact) mass is 234 g/mol. The number of hydrogen-bond donors (Lipinski definition) is 0. The molecule has 0 aromatic heterocycles. The predicted molar refractivity (Wildman–Crippen MR) is 76.6 cm³/mol. The van der Waals surface area contributed by atoms with Crippen molar-refractivity contribution in [2.45, 2.75) is 38.5 Å². The SMILES string of the molecule is C1=CCC2=CCc3c(ccc4c3CCCC4)C2=C1. The molecule has 3 aliphatic carbocycles. The lowest BCUT2D eigenvalue weighted by Crippen LogP contribution is -2.12. The van der Waals surface area contributed by atoms with Gasteiger partial charge in [0.1, 0.15) is 0 Å². The lowest BCUT2D eigenvalue weighted by molar-refractivity contribution is 0.679. The number of rotatable bonds is 0. The standard InChI is InChI=1S/C18H18/c1-3-7-15-13(5-1)9-11-18-16-8-4-2-6-14(16)10-12-17(15)18/h1,3,7,9-10,12H,2,4-6,8,11H2. The Bertz CT molecular complexity index is 597. The van der Waals surface area contributed by atoms with E-state index in [0.717, 1.165) is 12.8 Å². The molecule has 0 aliphatic heterocycles. The Morgan fingerprint density at radius 1 is 0.889 bits per heavy atom. The number of hydrogen-bond acceptors (Lipinski definition) is 0. The first kappa shape index (κ1) is 10.4. The van der Waals surface area contributed by atoms with Gasteiger partial charge in [0.2, 0.25) is 0 Å². The zero-order valence-corrected chi connectivity index (χ0v) is 10.7. The Hall–Kier alpha value is -1.56. The van der Waals surface area contributed by atoms with Gasteiger partial charge in [-0.05, 0) is 71.9 Å². The second-order valence-corrected chi connectivity index (χ2v) is 5.58. The minimum absolute atomic E-state index is 1.11. The van der Waals surface area contributed by atoms with Crippen LogP contribution >= 0.6 is 0 Å². The van der Waals surface area contributed by atoms with Gasteiger partial charge in [-0.1, -0.05) is 36.4 Å². The molecule has 1 aromatic carbocycles. The number of aryl methyl sites for hydroxylation is 1. The first-order valence-corrected chi connectivity index (χ1v) is 7.14. The fourth-order valence-electron chi connectivity index (χ4n) is 3.65. The van der Waals surface area contributed by atoms with E-state index in [1.807, 2.05) is 0 Å². The summed E-state index contributed by atoms with van der Waals surface area (Å²) in [4.78, 5) is 0. The lowest BCUT2D eigenvalue weighted by Gasteiger charge is -2.27. The van der Waals surface area contributed by atoms with Gasteiger partial charge in [0.05, 0.1) is 0 Å². The van der Waals surface area contributed by atoms with Crippen LogP contribution in [0, 0.1) is 0 Å². The van der Waals surface area contributed by atoms with Crippen LogP contribution in [0.3, 0.4) is 0 Å². The summed E-state index contributed by atoms with van der Waals surface area (Å²) in [5.74, 6) is 0. The highest BCUT2D eigenvalue weighted by Crippen LogP contribution is 2.39. The van der Waals surface area contributed by atoms with E-state index in [9.17, 15) is 0 Å². The minimum Gasteiger partial charge on any atom is -0.0801 e. The molecule has 90 valence electrons. The number of fused-ring (bicyclic) bond motifs is 5. The molecule has 0 bridgehead atoms. The van der Waals surface area contributed by atoms with Crippen LogP contribution in [0.4, 0.5) is 0 Å². The van der Waals surface area contributed by atoms with Crippen molar-refractivity contribution < 1.29 is 0 Å². The maximum Gasteiger partial charge on any atom is -0.00823 e. The van der Waals surface area contributed by atoms with Crippen molar-refractivity contribution in [2.75, 3.05) is 0 Å². The van der Waals surface area contributed by atoms with Crippen LogP contribution in [-0.2, 0) is 19.3 Å². The maximum atomic E-state index is 2.45. The van der Waals surface area contributed by atoms with Gasteiger partial charge in [0.15, 0.2) is 0 Å². The van der Waals surface area contributed by atoms with Crippen LogP contribution in [0.5, 0.6) is 0 Å². The van der Waals surface area contributed by atoms with Crippen molar-refractivity contribution >= 4 is 5.57 Å². The van der Waals surface area contributed by atoms with Crippen LogP contribution in [-0.4, -0.2) is 0 Å². The number of allylic oxidation sites excluding steroid dienone is 6. The molecule has 0 heteroatoms. The highest BCUT2D eigenvalue weighted by atomic mass is 14.3. The van der Waals surface area contributed by atoms with Crippen molar-refractivity contribution in [2.24, 2.45) is 0 Å². The fraction of sp³-hybridized carbons (Fsp3) is 0.333. The van der Waals surface area contributed by atoms with E-state index in [0.29, 0.717) is 0 Å². The third-order valence-corrected chi connectivity index (χ3v) is 4.58. The Morgan fingerprint density at radius 2 is 1.83 bits per heavy atom. The third kappa shape index (κ3) is 1.45. The average Bonchev–Trinajstić information content (AvgIpc) is 2.46. The molecule has 18 heavy (non-hydrogen) atoms. The molecule has 0 spiro atoms. The predicted octanol–water partition coefficient (Wildman–Crippen LogP) is 4.39. The molecule has 0 radical (unpaired) electrons. The molecule has 0 saturated heterocycles. The van der Waals surface area contributed by atoms with Crippen molar-refractivity contribution in [1.82, 2.24) is 0 Å². The summed E-state index contributed by atoms with van der Waals surface area (Å²) in [5.41, 5.74) is 9.43. The smallest absolute Gasteiger partial charge is 0.00823 e. The van der Waals surface area contributed by atoms with Crippen LogP contribution in [0.1, 0.15) is 41.5 Å². The van der Waals surface area contributed by atoms with E-state index in [-0.39, 0.29) is 0 Å². The van der Waals surface area contributed by atoms with Crippen molar-refractivity contribution in [3.05, 3.63) is 64.3 Å². The molecule has 3 aliphatic rings. The molecule has 0 unspecified atom stereocenters. The molecule has 1 aromatic rings. The minimum atomic E-state index is 1.11. The van der Waals surface area contributed by atoms with E-state index in [4.69, 9.17) is 0 Å². The van der Waals surface area contributed by atoms with Crippen molar-refractivity contribution in [1.29, 1.82) is 0 Å². The summed E-state index contributed by atoms with van der Waals surface area (Å²) in [6, 6.07) is 4.76. The highest BCUT2D eigenvalue weighted by Gasteiger charge is 2.22. The second-order valence-electron chi connectivity index (χ2n) is 5.58. The quantitative estimate of drug-likeness (QED) is 0.624.